The zero-order valence-corrected chi connectivity index (χ0v) is 66.6. The van der Waals surface area contributed by atoms with Crippen LogP contribution in [0.3, 0.4) is 0 Å². The highest BCUT2D eigenvalue weighted by atomic mass is 16.4. The molecular weight excluding hydrogens is 1460 g/mol. The minimum absolute atomic E-state index is 0.0808. The Hall–Kier alpha value is -10.3. The van der Waals surface area contributed by atoms with Crippen molar-refractivity contribution in [1.82, 2.24) is 50.4 Å². The number of aromatic nitrogens is 6. The van der Waals surface area contributed by atoms with Gasteiger partial charge in [0.05, 0.1) is 12.4 Å². The first-order valence-corrected chi connectivity index (χ1v) is 41.6. The molecule has 7 aromatic rings. The summed E-state index contributed by atoms with van der Waals surface area (Å²) in [6.45, 7) is 8.75. The fourth-order valence-electron chi connectivity index (χ4n) is 17.1. The summed E-state index contributed by atoms with van der Waals surface area (Å²) >= 11 is 0. The van der Waals surface area contributed by atoms with E-state index in [9.17, 15) is 69.0 Å². The summed E-state index contributed by atoms with van der Waals surface area (Å²) in [5.74, 6) is -10.3. The summed E-state index contributed by atoms with van der Waals surface area (Å²) in [5, 5.41) is 86.2. The number of imide groups is 2. The van der Waals surface area contributed by atoms with Gasteiger partial charge in [0.15, 0.2) is 0 Å². The van der Waals surface area contributed by atoms with Gasteiger partial charge >= 0.3 is 35.8 Å². The van der Waals surface area contributed by atoms with E-state index in [2.05, 4.69) is 48.8 Å². The number of rotatable bonds is 56. The van der Waals surface area contributed by atoms with Crippen LogP contribution in [0.15, 0.2) is 48.8 Å². The summed E-state index contributed by atoms with van der Waals surface area (Å²) in [6.07, 6.45) is 20.9. The number of carboxylic acid groups (broad SMARTS) is 6. The Morgan fingerprint density at radius 1 is 0.342 bits per heavy atom. The lowest BCUT2D eigenvalue weighted by Gasteiger charge is -2.36. The van der Waals surface area contributed by atoms with E-state index >= 15 is 19.2 Å². The number of hydrogen-bond donors (Lipinski definition) is 8. The summed E-state index contributed by atoms with van der Waals surface area (Å²) in [7, 11) is 0. The van der Waals surface area contributed by atoms with E-state index in [0.29, 0.717) is 91.0 Å². The van der Waals surface area contributed by atoms with Gasteiger partial charge in [-0.2, -0.15) is 0 Å². The van der Waals surface area contributed by atoms with Crippen LogP contribution in [0, 0.1) is 0 Å². The first-order valence-electron chi connectivity index (χ1n) is 41.6. The minimum Gasteiger partial charge on any atom is -0.481 e. The number of benzene rings is 5. The van der Waals surface area contributed by atoms with Crippen LogP contribution in [0.25, 0.3) is 65.6 Å². The predicted octanol–water partition coefficient (Wildman–Crippen LogP) is 16.1. The topological polar surface area (TPSA) is 418 Å². The summed E-state index contributed by atoms with van der Waals surface area (Å²) in [4.78, 5) is 166. The molecule has 0 aliphatic carbocycles. The van der Waals surface area contributed by atoms with E-state index in [-0.39, 0.29) is 99.8 Å². The number of hydrogen-bond acceptors (Lipinski definition) is 16. The monoisotopic (exact) mass is 1570 g/mol. The van der Waals surface area contributed by atoms with Crippen molar-refractivity contribution in [2.45, 2.75) is 321 Å². The number of amides is 6. The van der Waals surface area contributed by atoms with Crippen LogP contribution in [0.1, 0.15) is 326 Å². The molecule has 0 radical (unpaired) electrons. The first kappa shape index (κ1) is 87.7. The number of carboxylic acids is 6. The van der Waals surface area contributed by atoms with Gasteiger partial charge in [-0.25, -0.2) is 0 Å². The fraction of sp³-hybridized carbons (Fsp3) is 0.581. The molecule has 0 unspecified atom stereocenters. The molecule has 0 spiro atoms. The third kappa shape index (κ3) is 22.2. The number of nitrogens with zero attached hydrogens (tertiary/aromatic N) is 8. The normalized spacial score (nSPS) is 13.1. The average Bonchev–Trinajstić information content (AvgIpc) is 0.812. The van der Waals surface area contributed by atoms with Crippen molar-refractivity contribution in [2.24, 2.45) is 0 Å². The molecule has 616 valence electrons. The van der Waals surface area contributed by atoms with E-state index in [0.717, 1.165) is 128 Å². The van der Waals surface area contributed by atoms with Crippen LogP contribution in [-0.2, 0) is 51.4 Å². The number of aliphatic carboxylic acids is 6. The van der Waals surface area contributed by atoms with E-state index in [1.807, 2.05) is 12.1 Å². The summed E-state index contributed by atoms with van der Waals surface area (Å²) < 4.78 is 3.05. The van der Waals surface area contributed by atoms with Crippen molar-refractivity contribution in [3.8, 4) is 22.5 Å². The van der Waals surface area contributed by atoms with Crippen LogP contribution >= 0.6 is 0 Å². The van der Waals surface area contributed by atoms with Gasteiger partial charge in [-0.3, -0.25) is 76.7 Å². The molecule has 2 aromatic heterocycles. The molecule has 5 aromatic carbocycles. The molecule has 0 saturated heterocycles. The zero-order chi connectivity index (χ0) is 82.2. The van der Waals surface area contributed by atoms with Crippen molar-refractivity contribution < 1.29 is 88.2 Å². The molecule has 2 aliphatic rings. The SMILES string of the molecule is CCCCCCCC(CCCCCCC)N1C(=O)c2ccc3c4c(-c5cn(CCCC(=O)NC(CCC(=O)O)(CCC(=O)O)CCC(=O)O)nn5)cc5c6c(ccc(c7c(-c8cn(CCCC(=O)NC(CCC(=O)O)(CCC(=O)O)CCC(=O)O)nn8)cc(c2c37)C1=O)c64)C(=O)N(C(CCCCCCC)CCCCCCC)C5=O. The number of carbonyl (C=O) groups excluding carboxylic acids is 6. The molecule has 0 bridgehead atoms. The molecule has 2 aliphatic heterocycles. The maximum absolute atomic E-state index is 16.1. The molecule has 4 heterocycles. The molecule has 0 saturated carbocycles. The van der Waals surface area contributed by atoms with Gasteiger partial charge in [0.25, 0.3) is 23.6 Å². The molecule has 28 heteroatoms. The number of carbonyl (C=O) groups is 12. The highest BCUT2D eigenvalue weighted by molar-refractivity contribution is 6.44. The average molecular weight is 1580 g/mol. The summed E-state index contributed by atoms with van der Waals surface area (Å²) in [6, 6.07) is 9.84. The Kier molecular flexibility index (Phi) is 32.0. The highest BCUT2D eigenvalue weighted by Gasteiger charge is 2.43. The molecule has 28 nitrogen and oxygen atoms in total. The molecule has 114 heavy (non-hydrogen) atoms. The highest BCUT2D eigenvalue weighted by Crippen LogP contribution is 2.52. The second-order valence-electron chi connectivity index (χ2n) is 31.6. The quantitative estimate of drug-likeness (QED) is 0.00759. The Morgan fingerprint density at radius 2 is 0.623 bits per heavy atom. The molecule has 0 fully saturated rings. The van der Waals surface area contributed by atoms with Gasteiger partial charge < -0.3 is 41.3 Å². The third-order valence-electron chi connectivity index (χ3n) is 23.1. The van der Waals surface area contributed by atoms with Crippen molar-refractivity contribution in [3.05, 3.63) is 71.0 Å². The molecule has 6 amide bonds. The molecule has 0 atom stereocenters. The van der Waals surface area contributed by atoms with Crippen LogP contribution in [0.2, 0.25) is 0 Å². The number of fused-ring (bicyclic) bond motifs is 2. The van der Waals surface area contributed by atoms with E-state index in [4.69, 9.17) is 10.2 Å². The minimum atomic E-state index is -1.46. The van der Waals surface area contributed by atoms with E-state index in [1.54, 1.807) is 36.7 Å². The lowest BCUT2D eigenvalue weighted by Crippen LogP contribution is -2.49. The van der Waals surface area contributed by atoms with E-state index in [1.165, 1.54) is 19.2 Å². The van der Waals surface area contributed by atoms with Crippen molar-refractivity contribution in [1.29, 1.82) is 0 Å². The van der Waals surface area contributed by atoms with Gasteiger partial charge in [0.1, 0.15) is 11.4 Å². The largest absolute Gasteiger partial charge is 0.481 e. The lowest BCUT2D eigenvalue weighted by atomic mass is 9.78. The van der Waals surface area contributed by atoms with Gasteiger partial charge in [-0.05, 0) is 123 Å². The molecule has 8 N–H and O–H groups in total. The number of unbranched alkanes of at least 4 members (excludes halogenated alkanes) is 16. The molecule has 9 rings (SSSR count). The van der Waals surface area contributed by atoms with Gasteiger partial charge in [0, 0.05) is 143 Å². The standard InChI is InChI=1S/C86H114N10O18/c1-5-9-13-17-21-27-55(28-22-18-14-10-6-2)95-81(111)59-35-33-57-76-62(66-54-94(92-90-66)50-26-32-68(98)88-86(46-40-72(105)106,47-41-73(107)108)48-42-74(109)110)52-64-78-60(82(112)96(84(64)114)56(29-23-19-15-11-7-3)30-24-20-16-12-8-4)36-34-58(80(76)78)75-61(51-63(83(95)113)77(59)79(57)75)65-53-93(91-89-65)49-25-31-67(97)87-85(43-37-69(99)100,44-38-70(101)102)45-39-71(103)104/h33-36,51-56H,5-32,37-50H2,1-4H3,(H,87,97)(H,88,98)(H,99,100)(H,101,102)(H,103,104)(H,105,106)(H,107,108)(H,109,110). The van der Waals surface area contributed by atoms with Gasteiger partial charge in [-0.15, -0.1) is 10.2 Å². The van der Waals surface area contributed by atoms with Crippen molar-refractivity contribution in [3.63, 3.8) is 0 Å². The Bertz CT molecular complexity index is 4210. The lowest BCUT2D eigenvalue weighted by molar-refractivity contribution is -0.141. The predicted molar refractivity (Wildman–Crippen MR) is 429 cm³/mol. The maximum Gasteiger partial charge on any atom is 0.303 e. The van der Waals surface area contributed by atoms with Gasteiger partial charge in [0.2, 0.25) is 11.8 Å². The van der Waals surface area contributed by atoms with Crippen LogP contribution < -0.4 is 10.6 Å². The van der Waals surface area contributed by atoms with E-state index < -0.39 is 133 Å². The van der Waals surface area contributed by atoms with Gasteiger partial charge in [-0.1, -0.05) is 179 Å². The second kappa shape index (κ2) is 41.7. The number of nitrogens with one attached hydrogen (secondary N) is 2. The number of aryl methyl sites for hydroxylation is 2. The van der Waals surface area contributed by atoms with Crippen LogP contribution in [0.5, 0.6) is 0 Å². The molecular formula is C86H114N10O18. The summed E-state index contributed by atoms with van der Waals surface area (Å²) in [5.41, 5.74) is -0.453. The smallest absolute Gasteiger partial charge is 0.303 e. The Labute approximate surface area is 664 Å². The van der Waals surface area contributed by atoms with Crippen LogP contribution in [0.4, 0.5) is 0 Å². The maximum atomic E-state index is 16.1. The Balaban J connectivity index is 1.22. The third-order valence-corrected chi connectivity index (χ3v) is 23.1. The fourth-order valence-corrected chi connectivity index (χ4v) is 17.1. The first-order chi connectivity index (χ1) is 54.8. The zero-order valence-electron chi connectivity index (χ0n) is 66.6. The van der Waals surface area contributed by atoms with Crippen LogP contribution in [-0.4, -0.2) is 165 Å². The second-order valence-corrected chi connectivity index (χ2v) is 31.6. The van der Waals surface area contributed by atoms with Crippen molar-refractivity contribution >= 4 is 114 Å². The van der Waals surface area contributed by atoms with Crippen molar-refractivity contribution in [2.75, 3.05) is 0 Å². The Morgan fingerprint density at radius 3 is 0.904 bits per heavy atom.